The minimum Gasteiger partial charge on any atom is -0.310 e. The summed E-state index contributed by atoms with van der Waals surface area (Å²) in [4.78, 5) is 13.5. The van der Waals surface area contributed by atoms with Gasteiger partial charge in [-0.25, -0.2) is 0 Å². The second-order valence-corrected chi connectivity index (χ2v) is 11.9. The van der Waals surface area contributed by atoms with Gasteiger partial charge in [0.25, 0.3) is 5.69 Å². The quantitative estimate of drug-likeness (QED) is 0.174. The zero-order chi connectivity index (χ0) is 27.8. The van der Waals surface area contributed by atoms with Gasteiger partial charge in [-0.1, -0.05) is 82.3 Å². The van der Waals surface area contributed by atoms with E-state index in [-0.39, 0.29) is 21.4 Å². The molecule has 0 unspecified atom stereocenters. The summed E-state index contributed by atoms with van der Waals surface area (Å²) in [7, 11) is 0. The van der Waals surface area contributed by atoms with E-state index in [1.165, 1.54) is 27.8 Å². The molecule has 5 aromatic carbocycles. The fraction of sp³-hybridized carbons (Fsp3) is 0.167. The lowest BCUT2D eigenvalue weighted by Crippen LogP contribution is -2.18. The van der Waals surface area contributed by atoms with Crippen molar-refractivity contribution in [3.05, 3.63) is 142 Å². The minimum atomic E-state index is -0.364. The van der Waals surface area contributed by atoms with Crippen molar-refractivity contribution in [1.29, 1.82) is 0 Å². The summed E-state index contributed by atoms with van der Waals surface area (Å²) in [5.41, 5.74) is 12.6. The van der Waals surface area contributed by atoms with E-state index in [9.17, 15) is 10.1 Å². The van der Waals surface area contributed by atoms with Crippen molar-refractivity contribution in [2.75, 3.05) is 4.90 Å². The van der Waals surface area contributed by atoms with Crippen LogP contribution in [0, 0.1) is 10.1 Å². The number of nitrogens with zero attached hydrogens (tertiary/aromatic N) is 2. The molecular formula is C36H30N2O2. The number of benzene rings is 5. The maximum Gasteiger partial charge on any atom is 0.269 e. The van der Waals surface area contributed by atoms with Crippen LogP contribution in [0.5, 0.6) is 0 Å². The van der Waals surface area contributed by atoms with Crippen LogP contribution < -0.4 is 4.90 Å². The van der Waals surface area contributed by atoms with E-state index in [0.717, 1.165) is 33.8 Å². The molecule has 0 fully saturated rings. The van der Waals surface area contributed by atoms with Crippen molar-refractivity contribution in [2.24, 2.45) is 0 Å². The third-order valence-corrected chi connectivity index (χ3v) is 8.95. The molecule has 0 atom stereocenters. The first-order valence-corrected chi connectivity index (χ1v) is 13.7. The predicted octanol–water partition coefficient (Wildman–Crippen LogP) is 9.68. The highest BCUT2D eigenvalue weighted by Gasteiger charge is 2.38. The Labute approximate surface area is 234 Å². The highest BCUT2D eigenvalue weighted by Crippen LogP contribution is 2.53. The molecule has 4 heteroatoms. The Bertz CT molecular complexity index is 1840. The first kappa shape index (κ1) is 24.3. The topological polar surface area (TPSA) is 46.4 Å². The zero-order valence-electron chi connectivity index (χ0n) is 23.1. The first-order valence-electron chi connectivity index (χ1n) is 13.7. The van der Waals surface area contributed by atoms with Crippen LogP contribution in [0.1, 0.15) is 49.9 Å². The number of nitro groups is 1. The number of para-hydroxylation sites is 1. The molecule has 40 heavy (non-hydrogen) atoms. The van der Waals surface area contributed by atoms with E-state index in [4.69, 9.17) is 0 Å². The van der Waals surface area contributed by atoms with Crippen LogP contribution in [0.25, 0.3) is 22.3 Å². The molecular weight excluding hydrogens is 492 g/mol. The van der Waals surface area contributed by atoms with Gasteiger partial charge < -0.3 is 4.90 Å². The molecule has 0 saturated heterocycles. The van der Waals surface area contributed by atoms with Crippen LogP contribution in [0.2, 0.25) is 0 Å². The number of rotatable bonds is 4. The molecule has 0 radical (unpaired) electrons. The molecule has 0 aromatic heterocycles. The maximum absolute atomic E-state index is 11.5. The van der Waals surface area contributed by atoms with Gasteiger partial charge in [0.2, 0.25) is 0 Å². The van der Waals surface area contributed by atoms with E-state index in [1.807, 2.05) is 12.1 Å². The Kier molecular flexibility index (Phi) is 5.11. The number of anilines is 3. The summed E-state index contributed by atoms with van der Waals surface area (Å²) < 4.78 is 0. The summed E-state index contributed by atoms with van der Waals surface area (Å²) in [5, 5.41) is 11.5. The van der Waals surface area contributed by atoms with Crippen LogP contribution >= 0.6 is 0 Å². The summed E-state index contributed by atoms with van der Waals surface area (Å²) >= 11 is 0. The van der Waals surface area contributed by atoms with Gasteiger partial charge in [0.05, 0.1) is 4.92 Å². The Morgan fingerprint density at radius 3 is 1.60 bits per heavy atom. The molecule has 7 rings (SSSR count). The van der Waals surface area contributed by atoms with Crippen LogP contribution in [-0.2, 0) is 10.8 Å². The van der Waals surface area contributed by atoms with E-state index in [2.05, 4.69) is 118 Å². The SMILES string of the molecule is CC1(C)c2ccccc2-c2ccc(N(c3ccccc3)c3ccc4c(c3)C(C)(C)c3cc([N+](=O)[O-])ccc3-4)cc21. The molecule has 2 aliphatic rings. The maximum atomic E-state index is 11.5. The normalized spacial score (nSPS) is 15.1. The number of hydrogen-bond acceptors (Lipinski definition) is 3. The summed E-state index contributed by atoms with van der Waals surface area (Å²) in [6.07, 6.45) is 0. The van der Waals surface area contributed by atoms with Gasteiger partial charge in [-0.2, -0.15) is 0 Å². The number of fused-ring (bicyclic) bond motifs is 6. The molecule has 0 bridgehead atoms. The van der Waals surface area contributed by atoms with Gasteiger partial charge in [0, 0.05) is 40.0 Å². The van der Waals surface area contributed by atoms with Crippen LogP contribution in [0.15, 0.2) is 109 Å². The lowest BCUT2D eigenvalue weighted by atomic mass is 9.82. The van der Waals surface area contributed by atoms with Crippen LogP contribution in [0.4, 0.5) is 22.7 Å². The number of hydrogen-bond donors (Lipinski definition) is 0. The van der Waals surface area contributed by atoms with Gasteiger partial charge in [-0.05, 0) is 87.0 Å². The van der Waals surface area contributed by atoms with Crippen molar-refractivity contribution in [1.82, 2.24) is 0 Å². The highest BCUT2D eigenvalue weighted by atomic mass is 16.6. The average Bonchev–Trinajstić information content (AvgIpc) is 3.33. The van der Waals surface area contributed by atoms with Gasteiger partial charge in [-0.15, -0.1) is 0 Å². The van der Waals surface area contributed by atoms with Gasteiger partial charge in [0.15, 0.2) is 0 Å². The van der Waals surface area contributed by atoms with Crippen LogP contribution in [-0.4, -0.2) is 4.92 Å². The lowest BCUT2D eigenvalue weighted by molar-refractivity contribution is -0.384. The van der Waals surface area contributed by atoms with E-state index in [0.29, 0.717) is 0 Å². The lowest BCUT2D eigenvalue weighted by Gasteiger charge is -2.29. The van der Waals surface area contributed by atoms with Gasteiger partial charge >= 0.3 is 0 Å². The third-order valence-electron chi connectivity index (χ3n) is 8.95. The molecule has 0 saturated carbocycles. The first-order chi connectivity index (χ1) is 19.2. The van der Waals surface area contributed by atoms with E-state index in [1.54, 1.807) is 12.1 Å². The number of nitro benzene ring substituents is 1. The minimum absolute atomic E-state index is 0.0966. The van der Waals surface area contributed by atoms with E-state index >= 15 is 0 Å². The average molecular weight is 523 g/mol. The van der Waals surface area contributed by atoms with E-state index < -0.39 is 0 Å². The predicted molar refractivity (Wildman–Crippen MR) is 163 cm³/mol. The molecule has 196 valence electrons. The van der Waals surface area contributed by atoms with Gasteiger partial charge in [0.1, 0.15) is 0 Å². The van der Waals surface area contributed by atoms with Gasteiger partial charge in [-0.3, -0.25) is 10.1 Å². The largest absolute Gasteiger partial charge is 0.310 e. The Morgan fingerprint density at radius 1 is 0.525 bits per heavy atom. The number of non-ortho nitro benzene ring substituents is 1. The molecule has 5 aromatic rings. The molecule has 0 aliphatic heterocycles. The van der Waals surface area contributed by atoms with Crippen molar-refractivity contribution >= 4 is 22.7 Å². The smallest absolute Gasteiger partial charge is 0.269 e. The van der Waals surface area contributed by atoms with Crippen molar-refractivity contribution in [3.8, 4) is 22.3 Å². The fourth-order valence-electron chi connectivity index (χ4n) is 6.82. The van der Waals surface area contributed by atoms with Crippen molar-refractivity contribution in [2.45, 2.75) is 38.5 Å². The molecule has 0 N–H and O–H groups in total. The Morgan fingerprint density at radius 2 is 1.00 bits per heavy atom. The summed E-state index contributed by atoms with van der Waals surface area (Å²) in [6.45, 7) is 8.94. The molecule has 0 amide bonds. The van der Waals surface area contributed by atoms with Crippen molar-refractivity contribution < 1.29 is 4.92 Å². The van der Waals surface area contributed by atoms with Crippen LogP contribution in [0.3, 0.4) is 0 Å². The Hall–Kier alpha value is -4.70. The second-order valence-electron chi connectivity index (χ2n) is 11.9. The fourth-order valence-corrected chi connectivity index (χ4v) is 6.82. The molecule has 4 nitrogen and oxygen atoms in total. The summed E-state index contributed by atoms with van der Waals surface area (Å²) in [5.74, 6) is 0. The molecule has 2 aliphatic carbocycles. The summed E-state index contributed by atoms with van der Waals surface area (Å²) in [6, 6.07) is 37.9. The second kappa shape index (κ2) is 8.40. The van der Waals surface area contributed by atoms with Crippen molar-refractivity contribution in [3.63, 3.8) is 0 Å². The Balaban J connectivity index is 1.39. The third kappa shape index (κ3) is 3.39. The highest BCUT2D eigenvalue weighted by molar-refractivity contribution is 5.88. The zero-order valence-corrected chi connectivity index (χ0v) is 23.1. The molecule has 0 spiro atoms. The standard InChI is InChI=1S/C36H30N2O2/c1-35(2)31-13-9-8-12-27(31)28-17-14-24(20-32(28)35)37(23-10-6-5-7-11-23)25-15-18-29-30-19-16-26(38(39)40)22-34(30)36(3,4)33(29)21-25/h5-22H,1-4H3. The monoisotopic (exact) mass is 522 g/mol. The molecule has 0 heterocycles.